The number of benzene rings is 1. The summed E-state index contributed by atoms with van der Waals surface area (Å²) < 4.78 is 44.3. The highest BCUT2D eigenvalue weighted by Gasteiger charge is 2.16. The number of halogens is 3. The van der Waals surface area contributed by atoms with E-state index < -0.39 is 41.5 Å². The van der Waals surface area contributed by atoms with Crippen molar-refractivity contribution in [2.24, 2.45) is 0 Å². The number of aromatic nitrogens is 2. The van der Waals surface area contributed by atoms with Crippen LogP contribution in [-0.2, 0) is 16.0 Å². The lowest BCUT2D eigenvalue weighted by Crippen LogP contribution is -2.33. The van der Waals surface area contributed by atoms with Gasteiger partial charge in [0.25, 0.3) is 0 Å². The molecule has 0 radical (unpaired) electrons. The van der Waals surface area contributed by atoms with Gasteiger partial charge in [-0.3, -0.25) is 9.59 Å². The Kier molecular flexibility index (Phi) is 6.31. The highest BCUT2D eigenvalue weighted by Crippen LogP contribution is 2.19. The molecule has 2 amide bonds. The minimum absolute atomic E-state index is 0.00649. The normalized spacial score (nSPS) is 10.8. The minimum Gasteiger partial charge on any atom is -0.347 e. The van der Waals surface area contributed by atoms with Crippen LogP contribution >= 0.6 is 0 Å². The third-order valence-electron chi connectivity index (χ3n) is 3.32. The fraction of sp³-hybridized carbons (Fsp3) is 0.375. The molecule has 0 aliphatic heterocycles. The molecule has 0 saturated carbocycles. The van der Waals surface area contributed by atoms with Crippen LogP contribution in [0.5, 0.6) is 0 Å². The maximum absolute atomic E-state index is 13.4. The van der Waals surface area contributed by atoms with Crippen LogP contribution in [0, 0.1) is 17.5 Å². The minimum atomic E-state index is -1.69. The highest BCUT2D eigenvalue weighted by molar-refractivity contribution is 5.94. The van der Waals surface area contributed by atoms with Crippen LogP contribution in [0.1, 0.15) is 37.9 Å². The van der Waals surface area contributed by atoms with Gasteiger partial charge in [0, 0.05) is 18.8 Å². The first-order chi connectivity index (χ1) is 12.3. The number of nitrogens with one attached hydrogen (secondary N) is 2. The van der Waals surface area contributed by atoms with Crippen molar-refractivity contribution in [1.29, 1.82) is 0 Å². The van der Waals surface area contributed by atoms with Crippen molar-refractivity contribution in [2.45, 2.75) is 32.6 Å². The van der Waals surface area contributed by atoms with E-state index in [1.807, 2.05) is 19.2 Å². The molecule has 1 aromatic heterocycles. The van der Waals surface area contributed by atoms with Gasteiger partial charge in [-0.1, -0.05) is 19.0 Å². The molecule has 1 heterocycles. The number of aryl methyl sites for hydroxylation is 1. The molecule has 2 rings (SSSR count). The van der Waals surface area contributed by atoms with Crippen molar-refractivity contribution in [3.8, 4) is 0 Å². The van der Waals surface area contributed by atoms with E-state index in [2.05, 4.69) is 15.5 Å². The zero-order valence-corrected chi connectivity index (χ0v) is 14.1. The Bertz CT molecular complexity index is 808. The van der Waals surface area contributed by atoms with Crippen molar-refractivity contribution in [3.05, 3.63) is 41.3 Å². The van der Waals surface area contributed by atoms with Crippen molar-refractivity contribution in [3.63, 3.8) is 0 Å². The fourth-order valence-corrected chi connectivity index (χ4v) is 1.91. The quantitative estimate of drug-likeness (QED) is 0.729. The summed E-state index contributed by atoms with van der Waals surface area (Å²) >= 11 is 0. The Morgan fingerprint density at radius 2 is 1.88 bits per heavy atom. The molecule has 0 atom stereocenters. The molecule has 10 heteroatoms. The summed E-state index contributed by atoms with van der Waals surface area (Å²) in [6.07, 6.45) is 0.206. The molecule has 0 aliphatic carbocycles. The first-order valence-corrected chi connectivity index (χ1v) is 7.80. The van der Waals surface area contributed by atoms with Gasteiger partial charge in [0.15, 0.2) is 23.3 Å². The van der Waals surface area contributed by atoms with E-state index in [0.717, 1.165) is 6.07 Å². The summed E-state index contributed by atoms with van der Waals surface area (Å²) in [5.41, 5.74) is -0.518. The molecule has 0 fully saturated rings. The number of anilines is 1. The molecule has 0 bridgehead atoms. The van der Waals surface area contributed by atoms with E-state index >= 15 is 0 Å². The second-order valence-corrected chi connectivity index (χ2v) is 5.75. The van der Waals surface area contributed by atoms with Gasteiger partial charge in [-0.05, 0) is 12.1 Å². The Hall–Kier alpha value is -2.91. The molecule has 1 aromatic carbocycles. The SMILES string of the molecule is CC(C)c1noc(CCC(=O)NCC(=O)Nc2ccc(F)c(F)c2F)n1. The Labute approximate surface area is 147 Å². The average Bonchev–Trinajstić information content (AvgIpc) is 3.08. The van der Waals surface area contributed by atoms with Crippen LogP contribution in [0.15, 0.2) is 16.7 Å². The number of rotatable bonds is 7. The second-order valence-electron chi connectivity index (χ2n) is 5.75. The van der Waals surface area contributed by atoms with Crippen LogP contribution < -0.4 is 10.6 Å². The highest BCUT2D eigenvalue weighted by atomic mass is 19.2. The lowest BCUT2D eigenvalue weighted by Gasteiger charge is -2.08. The van der Waals surface area contributed by atoms with Gasteiger partial charge in [0.1, 0.15) is 0 Å². The van der Waals surface area contributed by atoms with Gasteiger partial charge in [-0.25, -0.2) is 13.2 Å². The summed E-state index contributed by atoms with van der Waals surface area (Å²) in [4.78, 5) is 27.5. The summed E-state index contributed by atoms with van der Waals surface area (Å²) in [5.74, 6) is -4.88. The van der Waals surface area contributed by atoms with Crippen LogP contribution in [0.2, 0.25) is 0 Å². The van der Waals surface area contributed by atoms with Gasteiger partial charge in [0.05, 0.1) is 12.2 Å². The van der Waals surface area contributed by atoms with E-state index in [4.69, 9.17) is 4.52 Å². The lowest BCUT2D eigenvalue weighted by atomic mass is 10.2. The third-order valence-corrected chi connectivity index (χ3v) is 3.32. The molecular weight excluding hydrogens is 353 g/mol. The number of hydrogen-bond donors (Lipinski definition) is 2. The average molecular weight is 370 g/mol. The smallest absolute Gasteiger partial charge is 0.243 e. The molecule has 140 valence electrons. The summed E-state index contributed by atoms with van der Waals surface area (Å²) in [6, 6.07) is 1.57. The largest absolute Gasteiger partial charge is 0.347 e. The number of amides is 2. The van der Waals surface area contributed by atoms with Gasteiger partial charge >= 0.3 is 0 Å². The zero-order chi connectivity index (χ0) is 19.3. The third kappa shape index (κ3) is 5.04. The number of carbonyl (C=O) groups excluding carboxylic acids is 2. The predicted octanol–water partition coefficient (Wildman–Crippen LogP) is 2.30. The molecule has 0 spiro atoms. The van der Waals surface area contributed by atoms with Crippen molar-refractivity contribution in [2.75, 3.05) is 11.9 Å². The Morgan fingerprint density at radius 3 is 2.54 bits per heavy atom. The molecule has 0 aliphatic rings. The van der Waals surface area contributed by atoms with Gasteiger partial charge < -0.3 is 15.2 Å². The first kappa shape index (κ1) is 19.4. The van der Waals surface area contributed by atoms with Crippen LogP contribution in [0.3, 0.4) is 0 Å². The van der Waals surface area contributed by atoms with Crippen LogP contribution in [0.4, 0.5) is 18.9 Å². The topological polar surface area (TPSA) is 97.1 Å². The summed E-state index contributed by atoms with van der Waals surface area (Å²) in [5, 5.41) is 8.13. The first-order valence-electron chi connectivity index (χ1n) is 7.80. The van der Waals surface area contributed by atoms with E-state index in [1.54, 1.807) is 0 Å². The van der Waals surface area contributed by atoms with Crippen LogP contribution in [0.25, 0.3) is 0 Å². The fourth-order valence-electron chi connectivity index (χ4n) is 1.91. The maximum Gasteiger partial charge on any atom is 0.243 e. The zero-order valence-electron chi connectivity index (χ0n) is 14.1. The van der Waals surface area contributed by atoms with Crippen molar-refractivity contribution < 1.29 is 27.3 Å². The number of carbonyl (C=O) groups is 2. The molecule has 0 saturated heterocycles. The van der Waals surface area contributed by atoms with Gasteiger partial charge in [-0.15, -0.1) is 0 Å². The van der Waals surface area contributed by atoms with Gasteiger partial charge in [-0.2, -0.15) is 4.98 Å². The second kappa shape index (κ2) is 8.45. The molecule has 0 unspecified atom stereocenters. The summed E-state index contributed by atoms with van der Waals surface area (Å²) in [6.45, 7) is 3.34. The van der Waals surface area contributed by atoms with Crippen molar-refractivity contribution >= 4 is 17.5 Å². The van der Waals surface area contributed by atoms with E-state index in [0.29, 0.717) is 17.8 Å². The monoisotopic (exact) mass is 370 g/mol. The number of nitrogens with zero attached hydrogens (tertiary/aromatic N) is 2. The molecular formula is C16H17F3N4O3. The van der Waals surface area contributed by atoms with E-state index in [1.165, 1.54) is 0 Å². The van der Waals surface area contributed by atoms with Crippen LogP contribution in [-0.4, -0.2) is 28.5 Å². The maximum atomic E-state index is 13.4. The standard InChI is InChI=1S/C16H17F3N4O3/c1-8(2)16-22-13(26-23-16)6-5-11(24)20-7-12(25)21-10-4-3-9(17)14(18)15(10)19/h3-4,8H,5-7H2,1-2H3,(H,20,24)(H,21,25). The van der Waals surface area contributed by atoms with E-state index in [9.17, 15) is 22.8 Å². The van der Waals surface area contributed by atoms with Gasteiger partial charge in [0.2, 0.25) is 17.7 Å². The molecule has 2 N–H and O–H groups in total. The Morgan fingerprint density at radius 1 is 1.15 bits per heavy atom. The summed E-state index contributed by atoms with van der Waals surface area (Å²) in [7, 11) is 0. The number of hydrogen-bond acceptors (Lipinski definition) is 5. The molecule has 7 nitrogen and oxygen atoms in total. The predicted molar refractivity (Wildman–Crippen MR) is 84.7 cm³/mol. The lowest BCUT2D eigenvalue weighted by molar-refractivity contribution is -0.124. The van der Waals surface area contributed by atoms with Crippen molar-refractivity contribution in [1.82, 2.24) is 15.5 Å². The molecule has 2 aromatic rings. The van der Waals surface area contributed by atoms with E-state index in [-0.39, 0.29) is 18.8 Å². The molecule has 26 heavy (non-hydrogen) atoms. The Balaban J connectivity index is 1.78.